The molecule has 0 aromatic carbocycles. The topological polar surface area (TPSA) is 66.8 Å². The van der Waals surface area contributed by atoms with Crippen LogP contribution >= 0.6 is 0 Å². The molecular formula is C15H24O4. The first-order valence-corrected chi connectivity index (χ1v) is 7.56. The molecule has 2 saturated carbocycles. The number of hydrogen-bond acceptors (Lipinski definition) is 4. The van der Waals surface area contributed by atoms with Crippen LogP contribution in [0.5, 0.6) is 0 Å². The Morgan fingerprint density at radius 1 is 1.11 bits per heavy atom. The predicted octanol–water partition coefficient (Wildman–Crippen LogP) is 1.92. The average molecular weight is 268 g/mol. The molecule has 2 atom stereocenters. The highest BCUT2D eigenvalue weighted by molar-refractivity contribution is 5.77. The molecule has 3 rings (SSSR count). The second-order valence-electron chi connectivity index (χ2n) is 6.90. The van der Waals surface area contributed by atoms with E-state index in [-0.39, 0.29) is 5.41 Å². The molecule has 3 aliphatic rings. The molecule has 0 radical (unpaired) electrons. The monoisotopic (exact) mass is 268 g/mol. The zero-order valence-electron chi connectivity index (χ0n) is 11.7. The predicted molar refractivity (Wildman–Crippen MR) is 69.4 cm³/mol. The van der Waals surface area contributed by atoms with Gasteiger partial charge in [0, 0.05) is 11.8 Å². The van der Waals surface area contributed by atoms with Gasteiger partial charge in [0.2, 0.25) is 0 Å². The Labute approximate surface area is 114 Å². The van der Waals surface area contributed by atoms with Crippen LogP contribution in [0.2, 0.25) is 0 Å². The van der Waals surface area contributed by atoms with Crippen molar-refractivity contribution in [2.24, 2.45) is 5.41 Å². The van der Waals surface area contributed by atoms with Crippen molar-refractivity contribution >= 4 is 5.97 Å². The molecule has 4 heteroatoms. The molecule has 108 valence electrons. The van der Waals surface area contributed by atoms with E-state index in [0.717, 1.165) is 51.4 Å². The largest absolute Gasteiger partial charge is 0.457 e. The van der Waals surface area contributed by atoms with E-state index in [1.165, 1.54) is 0 Å². The van der Waals surface area contributed by atoms with Crippen molar-refractivity contribution < 1.29 is 19.7 Å². The van der Waals surface area contributed by atoms with Gasteiger partial charge < -0.3 is 14.9 Å². The fourth-order valence-electron chi connectivity index (χ4n) is 4.98. The molecule has 0 spiro atoms. The molecule has 0 amide bonds. The van der Waals surface area contributed by atoms with Gasteiger partial charge in [-0.25, -0.2) is 4.79 Å². The van der Waals surface area contributed by atoms with E-state index in [0.29, 0.717) is 6.42 Å². The maximum Gasteiger partial charge on any atom is 0.335 e. The van der Waals surface area contributed by atoms with Crippen LogP contribution < -0.4 is 0 Å². The first kappa shape index (κ1) is 13.4. The molecule has 4 nitrogen and oxygen atoms in total. The van der Waals surface area contributed by atoms with Crippen LogP contribution in [-0.4, -0.2) is 33.5 Å². The molecule has 0 aromatic heterocycles. The summed E-state index contributed by atoms with van der Waals surface area (Å²) in [6.45, 7) is 1.92. The number of fused-ring (bicyclic) bond motifs is 1. The van der Waals surface area contributed by atoms with Gasteiger partial charge >= 0.3 is 5.97 Å². The lowest BCUT2D eigenvalue weighted by Crippen LogP contribution is -2.63. The fraction of sp³-hybridized carbons (Fsp3) is 0.933. The molecule has 2 unspecified atom stereocenters. The lowest BCUT2D eigenvalue weighted by Gasteiger charge is -2.59. The van der Waals surface area contributed by atoms with Gasteiger partial charge in [-0.2, -0.15) is 0 Å². The number of aliphatic hydroxyl groups is 2. The molecule has 2 N–H and O–H groups in total. The van der Waals surface area contributed by atoms with Crippen LogP contribution in [0.25, 0.3) is 0 Å². The van der Waals surface area contributed by atoms with Crippen molar-refractivity contribution in [2.75, 3.05) is 0 Å². The molecule has 1 heterocycles. The van der Waals surface area contributed by atoms with Crippen molar-refractivity contribution in [3.63, 3.8) is 0 Å². The Bertz CT molecular complexity index is 380. The Morgan fingerprint density at radius 2 is 1.63 bits per heavy atom. The van der Waals surface area contributed by atoms with Crippen LogP contribution in [0, 0.1) is 5.41 Å². The van der Waals surface area contributed by atoms with Crippen molar-refractivity contribution in [2.45, 2.75) is 82.0 Å². The van der Waals surface area contributed by atoms with Crippen LogP contribution in [0.15, 0.2) is 0 Å². The number of esters is 1. The van der Waals surface area contributed by atoms with Crippen LogP contribution in [0.1, 0.15) is 64.7 Å². The molecule has 1 saturated heterocycles. The van der Waals surface area contributed by atoms with Gasteiger partial charge in [0.15, 0.2) is 6.10 Å². The van der Waals surface area contributed by atoms with Crippen molar-refractivity contribution in [3.8, 4) is 0 Å². The number of ether oxygens (including phenoxy) is 1. The Kier molecular flexibility index (Phi) is 2.95. The molecular weight excluding hydrogens is 244 g/mol. The molecule has 1 aliphatic heterocycles. The normalized spacial score (nSPS) is 50.7. The minimum atomic E-state index is -1.02. The van der Waals surface area contributed by atoms with Crippen LogP contribution in [0.3, 0.4) is 0 Å². The second-order valence-corrected chi connectivity index (χ2v) is 6.90. The zero-order chi connectivity index (χ0) is 13.7. The third-order valence-corrected chi connectivity index (χ3v) is 5.97. The van der Waals surface area contributed by atoms with Gasteiger partial charge in [-0.15, -0.1) is 0 Å². The van der Waals surface area contributed by atoms with E-state index in [4.69, 9.17) is 4.74 Å². The Balaban J connectivity index is 2.01. The summed E-state index contributed by atoms with van der Waals surface area (Å²) in [4.78, 5) is 11.7. The fourth-order valence-corrected chi connectivity index (χ4v) is 4.98. The van der Waals surface area contributed by atoms with E-state index < -0.39 is 23.3 Å². The third kappa shape index (κ3) is 1.69. The highest BCUT2D eigenvalue weighted by Gasteiger charge is 2.66. The van der Waals surface area contributed by atoms with E-state index in [1.54, 1.807) is 0 Å². The average Bonchev–Trinajstić information content (AvgIpc) is 2.63. The van der Waals surface area contributed by atoms with Crippen molar-refractivity contribution in [1.29, 1.82) is 0 Å². The summed E-state index contributed by atoms with van der Waals surface area (Å²) in [7, 11) is 0. The standard InChI is InChI=1S/C15H24O4/c1-13(10-11(16)12(17)19-13)14-6-2-4-8-15(14,18)9-5-3-7-14/h11,16,18H,2-10H2,1H3. The first-order chi connectivity index (χ1) is 8.93. The van der Waals surface area contributed by atoms with Gasteiger partial charge in [0.1, 0.15) is 5.60 Å². The maximum absolute atomic E-state index is 11.7. The van der Waals surface area contributed by atoms with E-state index >= 15 is 0 Å². The summed E-state index contributed by atoms with van der Waals surface area (Å²) in [5.74, 6) is -0.518. The Morgan fingerprint density at radius 3 is 2.11 bits per heavy atom. The highest BCUT2D eigenvalue weighted by Crippen LogP contribution is 2.61. The van der Waals surface area contributed by atoms with E-state index in [9.17, 15) is 15.0 Å². The molecule has 0 bridgehead atoms. The van der Waals surface area contributed by atoms with Gasteiger partial charge in [-0.1, -0.05) is 25.7 Å². The number of aliphatic hydroxyl groups excluding tert-OH is 1. The van der Waals surface area contributed by atoms with Crippen LogP contribution in [0.4, 0.5) is 0 Å². The van der Waals surface area contributed by atoms with E-state index in [2.05, 4.69) is 0 Å². The summed E-state index contributed by atoms with van der Waals surface area (Å²) in [5.41, 5.74) is -1.79. The number of carbonyl (C=O) groups excluding carboxylic acids is 1. The van der Waals surface area contributed by atoms with Crippen molar-refractivity contribution in [1.82, 2.24) is 0 Å². The van der Waals surface area contributed by atoms with Crippen molar-refractivity contribution in [3.05, 3.63) is 0 Å². The summed E-state index contributed by atoms with van der Waals surface area (Å²) >= 11 is 0. The number of carbonyl (C=O) groups is 1. The van der Waals surface area contributed by atoms with Gasteiger partial charge in [-0.3, -0.25) is 0 Å². The molecule has 3 fully saturated rings. The Hall–Kier alpha value is -0.610. The number of cyclic esters (lactones) is 1. The molecule has 0 aromatic rings. The maximum atomic E-state index is 11.7. The van der Waals surface area contributed by atoms with Crippen LogP contribution in [-0.2, 0) is 9.53 Å². The highest BCUT2D eigenvalue weighted by atomic mass is 16.6. The zero-order valence-corrected chi connectivity index (χ0v) is 11.7. The van der Waals surface area contributed by atoms with E-state index in [1.807, 2.05) is 6.92 Å². The molecule has 19 heavy (non-hydrogen) atoms. The quantitative estimate of drug-likeness (QED) is 0.713. The summed E-state index contributed by atoms with van der Waals surface area (Å²) in [6.07, 6.45) is 6.96. The number of rotatable bonds is 1. The van der Waals surface area contributed by atoms with Gasteiger partial charge in [-0.05, 0) is 32.6 Å². The lowest BCUT2D eigenvalue weighted by atomic mass is 9.49. The number of hydrogen-bond donors (Lipinski definition) is 2. The van der Waals surface area contributed by atoms with Gasteiger partial charge in [0.25, 0.3) is 0 Å². The molecule has 2 aliphatic carbocycles. The SMILES string of the molecule is CC1(C23CCCCC2(O)CCCC3)CC(O)C(=O)O1. The second kappa shape index (κ2) is 4.19. The smallest absolute Gasteiger partial charge is 0.335 e. The minimum absolute atomic E-state index is 0.328. The lowest BCUT2D eigenvalue weighted by molar-refractivity contribution is -0.230. The minimum Gasteiger partial charge on any atom is -0.457 e. The summed E-state index contributed by atoms with van der Waals surface area (Å²) < 4.78 is 5.58. The first-order valence-electron chi connectivity index (χ1n) is 7.56. The van der Waals surface area contributed by atoms with Gasteiger partial charge in [0.05, 0.1) is 5.60 Å². The summed E-state index contributed by atoms with van der Waals surface area (Å²) in [6, 6.07) is 0. The third-order valence-electron chi connectivity index (χ3n) is 5.97. The summed E-state index contributed by atoms with van der Waals surface area (Å²) in [5, 5.41) is 20.9.